The van der Waals surface area contributed by atoms with Crippen molar-refractivity contribution in [3.05, 3.63) is 11.8 Å². The number of carbonyl (C=O) groups excluding carboxylic acids is 2. The quantitative estimate of drug-likeness (QED) is 0.664. The van der Waals surface area contributed by atoms with Gasteiger partial charge in [-0.2, -0.15) is 0 Å². The Hall–Kier alpha value is -1.44. The molecule has 0 aromatic carbocycles. The lowest BCUT2D eigenvalue weighted by Crippen LogP contribution is -2.77. The zero-order chi connectivity index (χ0) is 20.9. The van der Waals surface area contributed by atoms with Crippen molar-refractivity contribution in [2.75, 3.05) is 13.9 Å². The number of ketones is 1. The molecule has 0 amide bonds. The second-order valence-corrected chi connectivity index (χ2v) is 10.2. The normalized spacial score (nSPS) is 55.9. The van der Waals surface area contributed by atoms with Crippen LogP contribution >= 0.6 is 0 Å². The lowest BCUT2D eigenvalue weighted by atomic mass is 9.37. The van der Waals surface area contributed by atoms with E-state index in [-0.39, 0.29) is 54.7 Å². The van der Waals surface area contributed by atoms with Gasteiger partial charge in [0.05, 0.1) is 25.2 Å². The summed E-state index contributed by atoms with van der Waals surface area (Å²) in [5.74, 6) is -0.517. The summed E-state index contributed by atoms with van der Waals surface area (Å²) in [6.45, 7) is 7.97. The minimum absolute atomic E-state index is 0.0172. The first-order valence-corrected chi connectivity index (χ1v) is 10.5. The molecule has 29 heavy (non-hydrogen) atoms. The molecule has 2 heterocycles. The van der Waals surface area contributed by atoms with E-state index in [1.807, 2.05) is 13.0 Å². The summed E-state index contributed by atoms with van der Waals surface area (Å²) in [5, 5.41) is 11.5. The molecule has 10 atom stereocenters. The number of ether oxygens (including phenoxy) is 4. The van der Waals surface area contributed by atoms with Gasteiger partial charge in [-0.25, -0.2) is 0 Å². The van der Waals surface area contributed by atoms with E-state index in [9.17, 15) is 14.7 Å². The van der Waals surface area contributed by atoms with Gasteiger partial charge in [-0.15, -0.1) is 0 Å². The lowest BCUT2D eigenvalue weighted by Gasteiger charge is -2.69. The summed E-state index contributed by atoms with van der Waals surface area (Å²) in [6, 6.07) is 0. The molecule has 2 saturated carbocycles. The molecular formula is C22H30O7. The van der Waals surface area contributed by atoms with Gasteiger partial charge < -0.3 is 24.1 Å². The fourth-order valence-electron chi connectivity index (χ4n) is 7.82. The van der Waals surface area contributed by atoms with Gasteiger partial charge in [0.1, 0.15) is 19.0 Å². The maximum atomic E-state index is 13.7. The lowest BCUT2D eigenvalue weighted by molar-refractivity contribution is -0.293. The Labute approximate surface area is 170 Å². The minimum Gasteiger partial charge on any atom is -0.493 e. The van der Waals surface area contributed by atoms with Crippen LogP contribution in [0.1, 0.15) is 40.5 Å². The highest BCUT2D eigenvalue weighted by atomic mass is 16.7. The average molecular weight is 406 g/mol. The van der Waals surface area contributed by atoms with Crippen LogP contribution in [0, 0.1) is 34.5 Å². The summed E-state index contributed by atoms with van der Waals surface area (Å²) in [4.78, 5) is 26.2. The van der Waals surface area contributed by atoms with E-state index in [4.69, 9.17) is 18.9 Å². The highest BCUT2D eigenvalue weighted by Gasteiger charge is 2.77. The second kappa shape index (κ2) is 5.83. The number of rotatable bonds is 1. The van der Waals surface area contributed by atoms with E-state index >= 15 is 0 Å². The molecule has 0 radical (unpaired) electrons. The summed E-state index contributed by atoms with van der Waals surface area (Å²) < 4.78 is 23.3. The molecule has 1 N–H and O–H groups in total. The Morgan fingerprint density at radius 2 is 1.93 bits per heavy atom. The number of esters is 1. The Bertz CT molecular complexity index is 803. The van der Waals surface area contributed by atoms with Gasteiger partial charge in [0.2, 0.25) is 5.78 Å². The van der Waals surface area contributed by atoms with Crippen molar-refractivity contribution in [3.63, 3.8) is 0 Å². The summed E-state index contributed by atoms with van der Waals surface area (Å²) in [6.07, 6.45) is 1.17. The number of aliphatic hydroxyl groups is 1. The standard InChI is InChI=1S/C22H30O7/c1-10-6-12(26-5)18(24)20(2)11(10)7-14-21(3)13(8-15(23)29-14)22(4,25)19-16(17(20)21)27-9-28-19/h6,10-11,13-14,16-17,19,25H,7-9H2,1-5H3/t10-,11+,13-,14-,16+,17-,19-,20+,21-,22+/m1/s1. The van der Waals surface area contributed by atoms with Crippen LogP contribution in [0.4, 0.5) is 0 Å². The molecule has 5 aliphatic rings. The van der Waals surface area contributed by atoms with Gasteiger partial charge >= 0.3 is 5.97 Å². The van der Waals surface area contributed by atoms with Crippen molar-refractivity contribution in [2.45, 2.75) is 64.4 Å². The first kappa shape index (κ1) is 19.5. The number of allylic oxidation sites excluding steroid dienone is 2. The molecular weight excluding hydrogens is 376 g/mol. The van der Waals surface area contributed by atoms with E-state index in [0.29, 0.717) is 12.2 Å². The Morgan fingerprint density at radius 1 is 1.21 bits per heavy atom. The van der Waals surface area contributed by atoms with E-state index in [2.05, 4.69) is 13.8 Å². The van der Waals surface area contributed by atoms with Gasteiger partial charge in [0.25, 0.3) is 0 Å². The van der Waals surface area contributed by atoms with Crippen molar-refractivity contribution in [2.24, 2.45) is 34.5 Å². The summed E-state index contributed by atoms with van der Waals surface area (Å²) >= 11 is 0. The second-order valence-electron chi connectivity index (χ2n) is 10.2. The molecule has 0 spiro atoms. The van der Waals surface area contributed by atoms with E-state index in [1.54, 1.807) is 6.92 Å². The third-order valence-electron chi connectivity index (χ3n) is 9.04. The number of Topliss-reactive ketones (excluding diaryl/α,β-unsaturated/α-hetero) is 1. The van der Waals surface area contributed by atoms with Crippen LogP contribution in [-0.4, -0.2) is 54.7 Å². The van der Waals surface area contributed by atoms with Crippen LogP contribution < -0.4 is 0 Å². The molecule has 2 aliphatic heterocycles. The van der Waals surface area contributed by atoms with Gasteiger partial charge in [-0.3, -0.25) is 9.59 Å². The first-order valence-electron chi connectivity index (χ1n) is 10.5. The van der Waals surface area contributed by atoms with Crippen molar-refractivity contribution in [1.29, 1.82) is 0 Å². The van der Waals surface area contributed by atoms with Crippen LogP contribution in [-0.2, 0) is 28.5 Å². The Kier molecular flexibility index (Phi) is 3.92. The maximum Gasteiger partial charge on any atom is 0.306 e. The zero-order valence-corrected chi connectivity index (χ0v) is 17.6. The smallest absolute Gasteiger partial charge is 0.306 e. The first-order chi connectivity index (χ1) is 13.6. The number of fused-ring (bicyclic) bond motifs is 4. The van der Waals surface area contributed by atoms with Crippen molar-refractivity contribution in [1.82, 2.24) is 0 Å². The Morgan fingerprint density at radius 3 is 2.62 bits per heavy atom. The zero-order valence-electron chi connectivity index (χ0n) is 17.6. The number of hydrogen-bond acceptors (Lipinski definition) is 7. The highest BCUT2D eigenvalue weighted by Crippen LogP contribution is 2.69. The van der Waals surface area contributed by atoms with Crippen LogP contribution in [0.25, 0.3) is 0 Å². The fourth-order valence-corrected chi connectivity index (χ4v) is 7.82. The van der Waals surface area contributed by atoms with Crippen molar-refractivity contribution in [3.8, 4) is 0 Å². The molecule has 160 valence electrons. The monoisotopic (exact) mass is 406 g/mol. The van der Waals surface area contributed by atoms with Gasteiger partial charge in [0.15, 0.2) is 5.76 Å². The number of carbonyl (C=O) groups is 2. The molecule has 0 aromatic heterocycles. The molecule has 7 nitrogen and oxygen atoms in total. The van der Waals surface area contributed by atoms with Crippen molar-refractivity contribution < 1.29 is 33.6 Å². The molecule has 0 bridgehead atoms. The summed E-state index contributed by atoms with van der Waals surface area (Å²) in [5.41, 5.74) is -2.63. The van der Waals surface area contributed by atoms with Crippen molar-refractivity contribution >= 4 is 11.8 Å². The van der Waals surface area contributed by atoms with Crippen LogP contribution in [0.3, 0.4) is 0 Å². The van der Waals surface area contributed by atoms with Crippen LogP contribution in [0.5, 0.6) is 0 Å². The highest BCUT2D eigenvalue weighted by molar-refractivity contribution is 5.99. The molecule has 0 aromatic rings. The van der Waals surface area contributed by atoms with Crippen LogP contribution in [0.2, 0.25) is 0 Å². The van der Waals surface area contributed by atoms with Gasteiger partial charge in [-0.05, 0) is 31.3 Å². The summed E-state index contributed by atoms with van der Waals surface area (Å²) in [7, 11) is 1.53. The maximum absolute atomic E-state index is 13.7. The Balaban J connectivity index is 1.74. The molecule has 5 rings (SSSR count). The van der Waals surface area contributed by atoms with E-state index in [1.165, 1.54) is 7.11 Å². The number of hydrogen-bond donors (Lipinski definition) is 1. The molecule has 0 unspecified atom stereocenters. The van der Waals surface area contributed by atoms with Gasteiger partial charge in [-0.1, -0.05) is 20.8 Å². The van der Waals surface area contributed by atoms with E-state index in [0.717, 1.165) is 0 Å². The third-order valence-corrected chi connectivity index (χ3v) is 9.04. The topological polar surface area (TPSA) is 91.3 Å². The predicted molar refractivity (Wildman–Crippen MR) is 100 cm³/mol. The largest absolute Gasteiger partial charge is 0.493 e. The molecule has 2 saturated heterocycles. The fraction of sp³-hybridized carbons (Fsp3) is 0.818. The third kappa shape index (κ3) is 2.14. The molecule has 4 fully saturated rings. The molecule has 7 heteroatoms. The van der Waals surface area contributed by atoms with Crippen LogP contribution in [0.15, 0.2) is 11.8 Å². The molecule has 3 aliphatic carbocycles. The number of methoxy groups -OCH3 is 1. The minimum atomic E-state index is -1.25. The van der Waals surface area contributed by atoms with E-state index < -0.39 is 28.6 Å². The predicted octanol–water partition coefficient (Wildman–Crippen LogP) is 1.82. The average Bonchev–Trinajstić information content (AvgIpc) is 3.13. The SMILES string of the molecule is COC1=C[C@@H](C)[C@@H]2C[C@H]3OC(=O)C[C@H]4[C@](C)(O)[C@@H]5OCO[C@H]5[C@H]([C@@]2(C)C1=O)[C@@]34C. The van der Waals surface area contributed by atoms with Gasteiger partial charge in [0, 0.05) is 22.7 Å².